The predicted octanol–water partition coefficient (Wildman–Crippen LogP) is 1.54. The molecular weight excluding hydrogens is 228 g/mol. The summed E-state index contributed by atoms with van der Waals surface area (Å²) in [6, 6.07) is 0.976. The molecule has 0 saturated carbocycles. The van der Waals surface area contributed by atoms with E-state index < -0.39 is 0 Å². The smallest absolute Gasteiger partial charge is 0.325 e. The highest BCUT2D eigenvalue weighted by Gasteiger charge is 2.48. The molecule has 5 nitrogen and oxygen atoms in total. The zero-order valence-electron chi connectivity index (χ0n) is 11.2. The fourth-order valence-electron chi connectivity index (χ4n) is 3.49. The van der Waals surface area contributed by atoms with Crippen LogP contribution in [0.15, 0.2) is 12.4 Å². The largest absolute Gasteiger partial charge is 0.327 e. The van der Waals surface area contributed by atoms with Gasteiger partial charge in [0.2, 0.25) is 0 Å². The maximum atomic E-state index is 11.9. The number of rotatable bonds is 1. The fourth-order valence-corrected chi connectivity index (χ4v) is 3.49. The third-order valence-electron chi connectivity index (χ3n) is 4.30. The van der Waals surface area contributed by atoms with E-state index in [1.54, 1.807) is 17.0 Å². The number of nitrogens with one attached hydrogen (secondary N) is 1. The first kappa shape index (κ1) is 11.7. The number of fused-ring (bicyclic) bond motifs is 2. The molecule has 1 aromatic heterocycles. The Morgan fingerprint density at radius 1 is 1.56 bits per heavy atom. The van der Waals surface area contributed by atoms with E-state index >= 15 is 0 Å². The average molecular weight is 248 g/mol. The standard InChI is InChI=1S/C13H20N4O/c1-9(2)16-6-4-13(8-10(16)3)11-14-5-7-17(11)12(18)15-13/h5,7,9-10H,4,6,8H2,1-3H3,(H,15,18). The summed E-state index contributed by atoms with van der Waals surface area (Å²) in [7, 11) is 0. The van der Waals surface area contributed by atoms with Gasteiger partial charge in [0, 0.05) is 31.0 Å². The maximum absolute atomic E-state index is 11.9. The van der Waals surface area contributed by atoms with Crippen LogP contribution in [0.2, 0.25) is 0 Å². The van der Waals surface area contributed by atoms with Crippen molar-refractivity contribution in [1.82, 2.24) is 19.8 Å². The quantitative estimate of drug-likeness (QED) is 0.820. The molecule has 5 heteroatoms. The van der Waals surface area contributed by atoms with Gasteiger partial charge in [0.1, 0.15) is 11.4 Å². The molecule has 18 heavy (non-hydrogen) atoms. The number of aromatic nitrogens is 2. The number of amides is 1. The van der Waals surface area contributed by atoms with Gasteiger partial charge in [-0.3, -0.25) is 9.47 Å². The van der Waals surface area contributed by atoms with Gasteiger partial charge in [0.25, 0.3) is 0 Å². The zero-order valence-corrected chi connectivity index (χ0v) is 11.2. The summed E-state index contributed by atoms with van der Waals surface area (Å²) in [5.41, 5.74) is -0.245. The van der Waals surface area contributed by atoms with Crippen molar-refractivity contribution in [3.63, 3.8) is 0 Å². The molecule has 1 fully saturated rings. The Morgan fingerprint density at radius 2 is 2.33 bits per heavy atom. The topological polar surface area (TPSA) is 50.2 Å². The molecule has 0 aromatic carbocycles. The lowest BCUT2D eigenvalue weighted by molar-refractivity contribution is 0.0667. The van der Waals surface area contributed by atoms with Crippen molar-refractivity contribution < 1.29 is 4.79 Å². The van der Waals surface area contributed by atoms with E-state index in [9.17, 15) is 4.79 Å². The second-order valence-corrected chi connectivity index (χ2v) is 5.77. The minimum Gasteiger partial charge on any atom is -0.325 e. The number of hydrogen-bond donors (Lipinski definition) is 1. The van der Waals surface area contributed by atoms with Gasteiger partial charge in [-0.05, 0) is 33.6 Å². The highest BCUT2D eigenvalue weighted by atomic mass is 16.2. The molecule has 2 unspecified atom stereocenters. The molecule has 1 spiro atoms. The van der Waals surface area contributed by atoms with E-state index in [4.69, 9.17) is 0 Å². The summed E-state index contributed by atoms with van der Waals surface area (Å²) < 4.78 is 1.65. The minimum absolute atomic E-state index is 0.0345. The van der Waals surface area contributed by atoms with Crippen LogP contribution in [0.1, 0.15) is 39.4 Å². The van der Waals surface area contributed by atoms with Gasteiger partial charge in [0.05, 0.1) is 0 Å². The molecule has 2 atom stereocenters. The summed E-state index contributed by atoms with van der Waals surface area (Å²) in [5.74, 6) is 0.891. The molecule has 3 heterocycles. The molecular formula is C13H20N4O. The van der Waals surface area contributed by atoms with Crippen LogP contribution in [-0.2, 0) is 5.54 Å². The molecule has 1 saturated heterocycles. The normalized spacial score (nSPS) is 32.0. The third-order valence-corrected chi connectivity index (χ3v) is 4.30. The monoisotopic (exact) mass is 248 g/mol. The number of piperidine rings is 1. The van der Waals surface area contributed by atoms with Crippen molar-refractivity contribution in [2.45, 2.75) is 51.2 Å². The van der Waals surface area contributed by atoms with Gasteiger partial charge in [-0.25, -0.2) is 9.78 Å². The van der Waals surface area contributed by atoms with Crippen LogP contribution < -0.4 is 5.32 Å². The van der Waals surface area contributed by atoms with Crippen LogP contribution >= 0.6 is 0 Å². The Kier molecular flexibility index (Phi) is 2.48. The Morgan fingerprint density at radius 3 is 3.00 bits per heavy atom. The minimum atomic E-state index is -0.245. The SMILES string of the molecule is CC(C)N1CCC2(CC1C)NC(=O)n1ccnc12. The summed E-state index contributed by atoms with van der Waals surface area (Å²) in [4.78, 5) is 18.8. The second-order valence-electron chi connectivity index (χ2n) is 5.77. The van der Waals surface area contributed by atoms with Crippen molar-refractivity contribution in [3.05, 3.63) is 18.2 Å². The van der Waals surface area contributed by atoms with Crippen molar-refractivity contribution in [3.8, 4) is 0 Å². The van der Waals surface area contributed by atoms with Crippen LogP contribution in [0, 0.1) is 0 Å². The van der Waals surface area contributed by atoms with Crippen molar-refractivity contribution in [2.24, 2.45) is 0 Å². The number of nitrogens with zero attached hydrogens (tertiary/aromatic N) is 3. The van der Waals surface area contributed by atoms with Gasteiger partial charge in [-0.1, -0.05) is 0 Å². The van der Waals surface area contributed by atoms with Gasteiger partial charge < -0.3 is 5.32 Å². The van der Waals surface area contributed by atoms with E-state index in [-0.39, 0.29) is 11.6 Å². The fraction of sp³-hybridized carbons (Fsp3) is 0.692. The van der Waals surface area contributed by atoms with Gasteiger partial charge in [0.15, 0.2) is 0 Å². The number of carbonyl (C=O) groups excluding carboxylic acids is 1. The number of hydrogen-bond acceptors (Lipinski definition) is 3. The Labute approximate surface area is 107 Å². The van der Waals surface area contributed by atoms with E-state index in [0.29, 0.717) is 12.1 Å². The Bertz CT molecular complexity index is 481. The van der Waals surface area contributed by atoms with Crippen molar-refractivity contribution >= 4 is 6.03 Å². The molecule has 1 amide bonds. The lowest BCUT2D eigenvalue weighted by Crippen LogP contribution is -2.54. The average Bonchev–Trinajstić information content (AvgIpc) is 2.84. The first-order valence-electron chi connectivity index (χ1n) is 6.65. The van der Waals surface area contributed by atoms with Crippen LogP contribution in [0.5, 0.6) is 0 Å². The summed E-state index contributed by atoms with van der Waals surface area (Å²) in [5, 5.41) is 3.14. The van der Waals surface area contributed by atoms with Gasteiger partial charge in [-0.15, -0.1) is 0 Å². The Balaban J connectivity index is 1.90. The molecule has 0 bridgehead atoms. The van der Waals surface area contributed by atoms with Crippen molar-refractivity contribution in [2.75, 3.05) is 6.54 Å². The molecule has 0 radical (unpaired) electrons. The molecule has 2 aliphatic heterocycles. The van der Waals surface area contributed by atoms with E-state index in [1.165, 1.54) is 0 Å². The highest BCUT2D eigenvalue weighted by molar-refractivity contribution is 5.81. The number of likely N-dealkylation sites (tertiary alicyclic amines) is 1. The van der Waals surface area contributed by atoms with Crippen LogP contribution in [-0.4, -0.2) is 39.1 Å². The molecule has 1 aromatic rings. The van der Waals surface area contributed by atoms with Gasteiger partial charge in [-0.2, -0.15) is 0 Å². The first-order chi connectivity index (χ1) is 8.53. The summed E-state index contributed by atoms with van der Waals surface area (Å²) in [6.45, 7) is 7.69. The highest BCUT2D eigenvalue weighted by Crippen LogP contribution is 2.38. The third kappa shape index (κ3) is 1.50. The molecule has 2 aliphatic rings. The van der Waals surface area contributed by atoms with Crippen LogP contribution in [0.4, 0.5) is 4.79 Å². The molecule has 1 N–H and O–H groups in total. The molecule has 98 valence electrons. The molecule has 0 aliphatic carbocycles. The predicted molar refractivity (Wildman–Crippen MR) is 68.4 cm³/mol. The second kappa shape index (κ2) is 3.82. The van der Waals surface area contributed by atoms with E-state index in [2.05, 4.69) is 36.0 Å². The lowest BCUT2D eigenvalue weighted by atomic mass is 9.83. The maximum Gasteiger partial charge on any atom is 0.327 e. The van der Waals surface area contributed by atoms with E-state index in [0.717, 1.165) is 25.2 Å². The lowest BCUT2D eigenvalue weighted by Gasteiger charge is -2.44. The Hall–Kier alpha value is -1.36. The van der Waals surface area contributed by atoms with Crippen molar-refractivity contribution in [1.29, 1.82) is 0 Å². The zero-order chi connectivity index (χ0) is 12.9. The summed E-state index contributed by atoms with van der Waals surface area (Å²) in [6.07, 6.45) is 5.35. The van der Waals surface area contributed by atoms with Gasteiger partial charge >= 0.3 is 6.03 Å². The van der Waals surface area contributed by atoms with Crippen LogP contribution in [0.25, 0.3) is 0 Å². The number of imidazole rings is 1. The van der Waals surface area contributed by atoms with E-state index in [1.807, 2.05) is 0 Å². The van der Waals surface area contributed by atoms with Crippen LogP contribution in [0.3, 0.4) is 0 Å². The number of carbonyl (C=O) groups is 1. The summed E-state index contributed by atoms with van der Waals surface area (Å²) >= 11 is 0. The first-order valence-corrected chi connectivity index (χ1v) is 6.65. The molecule has 3 rings (SSSR count).